The van der Waals surface area contributed by atoms with Gasteiger partial charge in [0.25, 0.3) is 0 Å². The van der Waals surface area contributed by atoms with E-state index < -0.39 is 0 Å². The zero-order chi connectivity index (χ0) is 7.72. The van der Waals surface area contributed by atoms with Crippen LogP contribution in [0.25, 0.3) is 0 Å². The Bertz CT molecular complexity index is 230. The number of hydrogen-bond acceptors (Lipinski definition) is 1. The van der Waals surface area contributed by atoms with E-state index in [2.05, 4.69) is 12.8 Å². The summed E-state index contributed by atoms with van der Waals surface area (Å²) < 4.78 is 12.7. The summed E-state index contributed by atoms with van der Waals surface area (Å²) in [6, 6.07) is 0. The molecule has 0 saturated carbocycles. The molecule has 1 aliphatic rings. The molecule has 0 saturated heterocycles. The average Bonchev–Trinajstić information content (AvgIpc) is 1.82. The molecular formula is C8H9FNY-. The maximum atomic E-state index is 12.7. The van der Waals surface area contributed by atoms with Crippen molar-refractivity contribution in [3.05, 3.63) is 36.0 Å². The summed E-state index contributed by atoms with van der Waals surface area (Å²) in [5.41, 5.74) is 1.15. The van der Waals surface area contributed by atoms with Gasteiger partial charge in [-0.05, 0) is 12.7 Å². The number of nitrogens with zero attached hydrogens (tertiary/aromatic N) is 1. The van der Waals surface area contributed by atoms with Gasteiger partial charge in [0.15, 0.2) is 0 Å². The predicted molar refractivity (Wildman–Crippen MR) is 38.5 cm³/mol. The van der Waals surface area contributed by atoms with Gasteiger partial charge in [-0.15, -0.1) is 18.2 Å². The quantitative estimate of drug-likeness (QED) is 0.572. The van der Waals surface area contributed by atoms with E-state index in [1.54, 1.807) is 18.9 Å². The fourth-order valence-electron chi connectivity index (χ4n) is 0.798. The topological polar surface area (TPSA) is 3.24 Å². The van der Waals surface area contributed by atoms with Gasteiger partial charge in [-0.1, -0.05) is 13.1 Å². The second-order valence-electron chi connectivity index (χ2n) is 2.29. The van der Waals surface area contributed by atoms with Crippen molar-refractivity contribution < 1.29 is 37.1 Å². The fraction of sp³-hybridized carbons (Fsp3) is 0.250. The maximum absolute atomic E-state index is 12.7. The summed E-state index contributed by atoms with van der Waals surface area (Å²) in [4.78, 5) is 1.55. The Morgan fingerprint density at radius 1 is 1.64 bits per heavy atom. The second-order valence-corrected chi connectivity index (χ2v) is 2.29. The zero-order valence-electron chi connectivity index (χ0n) is 6.69. The van der Waals surface area contributed by atoms with Gasteiger partial charge in [0.1, 0.15) is 0 Å². The smallest absolute Gasteiger partial charge is 0.0377 e. The predicted octanol–water partition coefficient (Wildman–Crippen LogP) is 2.00. The van der Waals surface area contributed by atoms with E-state index in [-0.39, 0.29) is 38.5 Å². The van der Waals surface area contributed by atoms with Crippen molar-refractivity contribution >= 4 is 0 Å². The largest absolute Gasteiger partial charge is 0.456 e. The third kappa shape index (κ3) is 2.53. The van der Waals surface area contributed by atoms with Crippen molar-refractivity contribution in [1.82, 2.24) is 4.90 Å². The number of allylic oxidation sites excluding steroid dienone is 3. The van der Waals surface area contributed by atoms with Crippen LogP contribution in [0.5, 0.6) is 0 Å². The molecule has 0 fully saturated rings. The number of hydrogen-bond donors (Lipinski definition) is 0. The van der Waals surface area contributed by atoms with E-state index in [1.165, 1.54) is 6.08 Å². The maximum Gasteiger partial charge on any atom is 0.0377 e. The fourth-order valence-corrected chi connectivity index (χ4v) is 0.798. The minimum absolute atomic E-state index is 0. The molecular weight excluding hydrogens is 218 g/mol. The van der Waals surface area contributed by atoms with Gasteiger partial charge in [0, 0.05) is 38.5 Å². The molecule has 0 atom stereocenters. The van der Waals surface area contributed by atoms with Gasteiger partial charge in [-0.25, -0.2) is 4.39 Å². The molecule has 0 unspecified atom stereocenters. The molecule has 0 aromatic rings. The molecule has 3 heteroatoms. The number of likely N-dealkylation sites (N-methyl/N-ethyl adjacent to an activating group) is 1. The summed E-state index contributed by atoms with van der Waals surface area (Å²) in [6.45, 7) is 5.31. The Balaban J connectivity index is 0.000001000. The van der Waals surface area contributed by atoms with Crippen LogP contribution in [-0.2, 0) is 32.7 Å². The molecule has 0 aromatic carbocycles. The normalized spacial score (nSPS) is 17.0. The molecule has 1 nitrogen and oxygen atoms in total. The Kier molecular flexibility index (Phi) is 4.19. The Morgan fingerprint density at radius 2 is 2.18 bits per heavy atom. The molecule has 1 heterocycles. The third-order valence-corrected chi connectivity index (χ3v) is 1.37. The molecule has 0 bridgehead atoms. The van der Waals surface area contributed by atoms with Gasteiger partial charge < -0.3 is 4.90 Å². The van der Waals surface area contributed by atoms with E-state index in [0.29, 0.717) is 5.70 Å². The van der Waals surface area contributed by atoms with E-state index in [0.717, 1.165) is 5.57 Å². The molecule has 1 aliphatic heterocycles. The van der Waals surface area contributed by atoms with Crippen molar-refractivity contribution in [3.63, 3.8) is 0 Å². The molecule has 0 spiro atoms. The molecule has 11 heavy (non-hydrogen) atoms. The van der Waals surface area contributed by atoms with Crippen LogP contribution in [0.1, 0.15) is 6.92 Å². The van der Waals surface area contributed by atoms with Crippen molar-refractivity contribution in [2.75, 3.05) is 7.05 Å². The first-order valence-electron chi connectivity index (χ1n) is 3.01. The summed E-state index contributed by atoms with van der Waals surface area (Å²) in [7, 11) is 1.72. The first-order chi connectivity index (χ1) is 4.61. The molecule has 1 rings (SSSR count). The van der Waals surface area contributed by atoms with Gasteiger partial charge in [0.05, 0.1) is 0 Å². The molecule has 1 radical (unpaired) electrons. The summed E-state index contributed by atoms with van der Waals surface area (Å²) in [6.07, 6.45) is 4.31. The molecule has 0 amide bonds. The van der Waals surface area contributed by atoms with Crippen LogP contribution in [0, 0.1) is 6.20 Å². The minimum atomic E-state index is -0.279. The Morgan fingerprint density at radius 3 is 2.64 bits per heavy atom. The minimum Gasteiger partial charge on any atom is -0.456 e. The van der Waals surface area contributed by atoms with Gasteiger partial charge in [-0.2, -0.15) is 0 Å². The third-order valence-electron chi connectivity index (χ3n) is 1.37. The average molecular weight is 227 g/mol. The summed E-state index contributed by atoms with van der Waals surface area (Å²) >= 11 is 0. The van der Waals surface area contributed by atoms with Gasteiger partial charge >= 0.3 is 0 Å². The van der Waals surface area contributed by atoms with Gasteiger partial charge in [0.2, 0.25) is 0 Å². The first kappa shape index (κ1) is 11.1. The Hall–Kier alpha value is 0.0539. The van der Waals surface area contributed by atoms with E-state index in [1.807, 2.05) is 0 Å². The SMILES string of the molecule is C=C1C(F)=CC(C)=[C-]N1C.[Y]. The molecule has 0 aliphatic carbocycles. The van der Waals surface area contributed by atoms with Crippen molar-refractivity contribution in [2.24, 2.45) is 0 Å². The standard InChI is InChI=1S/C8H9FN.Y/c1-6-4-8(9)7(2)10(3)5-6;/h4H,2H2,1,3H3;/q-1;. The van der Waals surface area contributed by atoms with Crippen molar-refractivity contribution in [1.29, 1.82) is 0 Å². The number of rotatable bonds is 0. The van der Waals surface area contributed by atoms with Crippen LogP contribution in [-0.4, -0.2) is 11.9 Å². The zero-order valence-corrected chi connectivity index (χ0v) is 9.53. The van der Waals surface area contributed by atoms with E-state index >= 15 is 0 Å². The second kappa shape index (κ2) is 4.17. The summed E-state index contributed by atoms with van der Waals surface area (Å²) in [5.74, 6) is -0.279. The molecule has 57 valence electrons. The van der Waals surface area contributed by atoms with Crippen LogP contribution in [0.15, 0.2) is 29.8 Å². The molecule has 0 aromatic heterocycles. The summed E-state index contributed by atoms with van der Waals surface area (Å²) in [5, 5.41) is 0. The van der Waals surface area contributed by atoms with Crippen LogP contribution >= 0.6 is 0 Å². The Labute approximate surface area is 91.5 Å². The van der Waals surface area contributed by atoms with Crippen molar-refractivity contribution in [3.8, 4) is 0 Å². The van der Waals surface area contributed by atoms with Gasteiger partial charge in [-0.3, -0.25) is 0 Å². The molecule has 0 N–H and O–H groups in total. The number of halogens is 1. The van der Waals surface area contributed by atoms with Crippen LogP contribution in [0.4, 0.5) is 4.39 Å². The monoisotopic (exact) mass is 227 g/mol. The van der Waals surface area contributed by atoms with Crippen LogP contribution in [0.3, 0.4) is 0 Å². The van der Waals surface area contributed by atoms with Crippen LogP contribution < -0.4 is 0 Å². The van der Waals surface area contributed by atoms with E-state index in [9.17, 15) is 4.39 Å². The van der Waals surface area contributed by atoms with Crippen molar-refractivity contribution in [2.45, 2.75) is 6.92 Å². The van der Waals surface area contributed by atoms with Crippen LogP contribution in [0.2, 0.25) is 0 Å². The first-order valence-corrected chi connectivity index (χ1v) is 3.01. The van der Waals surface area contributed by atoms with E-state index in [4.69, 9.17) is 0 Å².